The van der Waals surface area contributed by atoms with Gasteiger partial charge < -0.3 is 46.1 Å². The number of carboxylic acid groups (broad SMARTS) is 1. The maximum Gasteiger partial charge on any atom is 0.324 e. The van der Waals surface area contributed by atoms with Gasteiger partial charge in [0.25, 0.3) is 5.91 Å². The first kappa shape index (κ1) is 39.8. The van der Waals surface area contributed by atoms with Crippen LogP contribution >= 0.6 is 0 Å². The molecular formula is C39H43N7O8S. The van der Waals surface area contributed by atoms with E-state index in [2.05, 4.69) is 20.3 Å². The Bertz CT molecular complexity index is 2280. The second kappa shape index (κ2) is 16.7. The Kier molecular flexibility index (Phi) is 12.1. The molecule has 5 rings (SSSR count). The molecule has 1 unspecified atom stereocenters. The highest BCUT2D eigenvalue weighted by atomic mass is 32.2. The number of nitrogens with two attached hydrogens (primary N) is 2. The van der Waals surface area contributed by atoms with Crippen LogP contribution in [0.4, 0.5) is 33.4 Å². The predicted octanol–water partition coefficient (Wildman–Crippen LogP) is 6.15. The van der Waals surface area contributed by atoms with Crippen molar-refractivity contribution in [2.24, 2.45) is 11.5 Å². The lowest BCUT2D eigenvalue weighted by Crippen LogP contribution is -2.42. The number of amides is 3. The van der Waals surface area contributed by atoms with Crippen molar-refractivity contribution in [1.82, 2.24) is 10.3 Å². The van der Waals surface area contributed by atoms with E-state index in [1.54, 1.807) is 42.6 Å². The number of nitrogens with zero attached hydrogens (tertiary/aromatic N) is 2. The van der Waals surface area contributed by atoms with Gasteiger partial charge in [0, 0.05) is 47.6 Å². The number of hydrogen-bond donors (Lipinski definition) is 6. The second-order valence-electron chi connectivity index (χ2n) is 13.4. The van der Waals surface area contributed by atoms with Crippen LogP contribution in [-0.4, -0.2) is 65.3 Å². The fourth-order valence-electron chi connectivity index (χ4n) is 5.72. The van der Waals surface area contributed by atoms with E-state index in [4.69, 9.17) is 30.8 Å². The van der Waals surface area contributed by atoms with Crippen molar-refractivity contribution < 1.29 is 37.9 Å². The molecule has 2 atom stereocenters. The maximum absolute atomic E-state index is 13.4. The van der Waals surface area contributed by atoms with Gasteiger partial charge in [-0.1, -0.05) is 45.0 Å². The van der Waals surface area contributed by atoms with Crippen LogP contribution in [0.15, 0.2) is 85.1 Å². The van der Waals surface area contributed by atoms with Crippen molar-refractivity contribution in [3.8, 4) is 23.0 Å². The summed E-state index contributed by atoms with van der Waals surface area (Å²) in [6.45, 7) is 5.83. The van der Waals surface area contributed by atoms with E-state index >= 15 is 0 Å². The first-order valence-electron chi connectivity index (χ1n) is 16.9. The number of primary amides is 1. The number of nitrogens with one attached hydrogen (secondary N) is 3. The number of carboxylic acids is 1. The van der Waals surface area contributed by atoms with Crippen LogP contribution in [0.1, 0.15) is 36.7 Å². The third kappa shape index (κ3) is 9.23. The summed E-state index contributed by atoms with van der Waals surface area (Å²) in [7, 11) is 1.45. The fourth-order valence-corrected chi connectivity index (χ4v) is 6.19. The van der Waals surface area contributed by atoms with E-state index in [0.29, 0.717) is 56.6 Å². The Hall–Kier alpha value is -6.39. The van der Waals surface area contributed by atoms with E-state index in [1.807, 2.05) is 57.2 Å². The summed E-state index contributed by atoms with van der Waals surface area (Å²) < 4.78 is 32.8. The Labute approximate surface area is 320 Å². The van der Waals surface area contributed by atoms with Crippen molar-refractivity contribution >= 4 is 68.2 Å². The van der Waals surface area contributed by atoms with E-state index in [-0.39, 0.29) is 23.3 Å². The van der Waals surface area contributed by atoms with Gasteiger partial charge in [0.15, 0.2) is 5.75 Å². The number of benzene rings is 4. The predicted molar refractivity (Wildman–Crippen MR) is 214 cm³/mol. The largest absolute Gasteiger partial charge is 0.496 e. The number of hydrogen-bond acceptors (Lipinski definition) is 10. The number of carbonyl (C=O) groups is 3. The molecule has 16 heteroatoms. The van der Waals surface area contributed by atoms with Crippen LogP contribution in [-0.2, 0) is 21.2 Å². The summed E-state index contributed by atoms with van der Waals surface area (Å²) in [6, 6.07) is 20.7. The minimum Gasteiger partial charge on any atom is -0.496 e. The van der Waals surface area contributed by atoms with Gasteiger partial charge in [0.1, 0.15) is 40.1 Å². The third-order valence-corrected chi connectivity index (χ3v) is 8.94. The Morgan fingerprint density at radius 3 is 2.29 bits per heavy atom. The second-order valence-corrected chi connectivity index (χ2v) is 14.5. The van der Waals surface area contributed by atoms with Gasteiger partial charge in [-0.25, -0.2) is 14.0 Å². The van der Waals surface area contributed by atoms with Gasteiger partial charge in [-0.3, -0.25) is 14.5 Å². The zero-order chi connectivity index (χ0) is 40.0. The summed E-state index contributed by atoms with van der Waals surface area (Å²) in [5, 5.41) is 16.0. The summed E-state index contributed by atoms with van der Waals surface area (Å²) in [6.07, 6.45) is 3.07. The van der Waals surface area contributed by atoms with E-state index in [9.17, 15) is 18.6 Å². The molecular weight excluding hydrogens is 727 g/mol. The Morgan fingerprint density at radius 2 is 1.65 bits per heavy atom. The number of ether oxygens (including phenoxy) is 3. The van der Waals surface area contributed by atoms with Gasteiger partial charge in [-0.05, 0) is 53.4 Å². The summed E-state index contributed by atoms with van der Waals surface area (Å²) in [4.78, 5) is 42.8. The third-order valence-electron chi connectivity index (χ3n) is 8.43. The molecule has 1 aromatic heterocycles. The van der Waals surface area contributed by atoms with Crippen molar-refractivity contribution in [2.45, 2.75) is 32.2 Å². The molecule has 0 saturated carbocycles. The average molecular weight is 770 g/mol. The minimum atomic E-state index is -1.44. The van der Waals surface area contributed by atoms with Gasteiger partial charge in [-0.15, -0.1) is 0 Å². The Morgan fingerprint density at radius 1 is 0.927 bits per heavy atom. The number of carbonyl (C=O) groups excluding carboxylic acids is 2. The van der Waals surface area contributed by atoms with Crippen molar-refractivity contribution in [3.63, 3.8) is 0 Å². The topological polar surface area (TPSA) is 220 Å². The number of aliphatic carboxylic acids is 1. The highest BCUT2D eigenvalue weighted by Gasteiger charge is 2.28. The number of rotatable bonds is 14. The van der Waals surface area contributed by atoms with Gasteiger partial charge in [-0.2, -0.15) is 0 Å². The fraction of sp³-hybridized carbons (Fsp3) is 0.231. The molecule has 0 spiro atoms. The van der Waals surface area contributed by atoms with Crippen LogP contribution in [0.2, 0.25) is 0 Å². The maximum atomic E-state index is 13.4. The van der Waals surface area contributed by atoms with Gasteiger partial charge in [0.05, 0.1) is 36.8 Å². The molecule has 0 aliphatic heterocycles. The molecule has 3 amide bonds. The van der Waals surface area contributed by atoms with Gasteiger partial charge >= 0.3 is 12.0 Å². The smallest absolute Gasteiger partial charge is 0.324 e. The van der Waals surface area contributed by atoms with Crippen molar-refractivity contribution in [2.75, 3.05) is 42.0 Å². The summed E-state index contributed by atoms with van der Waals surface area (Å²) >= 11 is 0. The lowest BCUT2D eigenvalue weighted by molar-refractivity contribution is -0.138. The molecule has 0 radical (unpaired) electrons. The SMILES string of the molecule is COc1cc(Nc2cc(Oc3ccc(N(C(N)=O)c4cc(C(C)(C)C)cc(NS(C)=O)c4OC)c4ccccc34)ccn2)ccc1C(=O)NC[C@@H](N)C(=O)O. The minimum absolute atomic E-state index is 0.191. The number of anilines is 5. The van der Waals surface area contributed by atoms with Crippen LogP contribution in [0.3, 0.4) is 0 Å². The number of methoxy groups -OCH3 is 2. The summed E-state index contributed by atoms with van der Waals surface area (Å²) in [5.74, 6) is 0.115. The van der Waals surface area contributed by atoms with Crippen molar-refractivity contribution in [1.29, 1.82) is 0 Å². The molecule has 0 bridgehead atoms. The van der Waals surface area contributed by atoms with Gasteiger partial charge in [0.2, 0.25) is 0 Å². The molecule has 4 aromatic carbocycles. The number of fused-ring (bicyclic) bond motifs is 1. The molecule has 0 aliphatic carbocycles. The molecule has 0 saturated heterocycles. The first-order chi connectivity index (χ1) is 26.1. The zero-order valence-electron chi connectivity index (χ0n) is 31.1. The molecule has 55 heavy (non-hydrogen) atoms. The van der Waals surface area contributed by atoms with E-state index in [1.165, 1.54) is 31.4 Å². The van der Waals surface area contributed by atoms with Crippen LogP contribution < -0.4 is 45.9 Å². The molecule has 0 aliphatic rings. The van der Waals surface area contributed by atoms with E-state index in [0.717, 1.165) is 5.56 Å². The van der Waals surface area contributed by atoms with Crippen LogP contribution in [0.25, 0.3) is 10.8 Å². The molecule has 8 N–H and O–H groups in total. The van der Waals surface area contributed by atoms with Crippen molar-refractivity contribution in [3.05, 3.63) is 96.2 Å². The standard InChI is InChI=1S/C39H43N7O8S/c1-39(2,3)22-17-29(45-55(6)51)35(53-5)31(18-22)46(38(41)50)30-13-14-32(26-10-8-7-9-25(26)30)54-24-15-16-42-34(20-24)44-23-11-12-27(33(19-23)52-4)36(47)43-21-28(40)37(48)49/h7-20,28,45H,21,40H2,1-6H3,(H2,41,50)(H,42,44)(H,43,47)(H,48,49)/t28-,55?/m1/s1. The normalized spacial score (nSPS) is 12.3. The quantitative estimate of drug-likeness (QED) is 0.0752. The molecule has 5 aromatic rings. The first-order valence-corrected chi connectivity index (χ1v) is 18.5. The van der Waals surface area contributed by atoms with E-state index < -0.39 is 34.9 Å². The molecule has 1 heterocycles. The number of aromatic nitrogens is 1. The zero-order valence-corrected chi connectivity index (χ0v) is 31.9. The average Bonchev–Trinajstić information content (AvgIpc) is 3.13. The van der Waals surface area contributed by atoms with Crippen LogP contribution in [0.5, 0.6) is 23.0 Å². The number of pyridine rings is 1. The molecule has 288 valence electrons. The molecule has 0 fully saturated rings. The molecule has 15 nitrogen and oxygen atoms in total. The monoisotopic (exact) mass is 769 g/mol. The number of urea groups is 1. The lowest BCUT2D eigenvalue weighted by atomic mass is 9.86. The lowest BCUT2D eigenvalue weighted by Gasteiger charge is -2.29. The highest BCUT2D eigenvalue weighted by molar-refractivity contribution is 7.85. The summed E-state index contributed by atoms with van der Waals surface area (Å²) in [5.41, 5.74) is 14.1. The Balaban J connectivity index is 1.47. The highest BCUT2D eigenvalue weighted by Crippen LogP contribution is 2.46. The van der Waals surface area contributed by atoms with Crippen LogP contribution in [0, 0.1) is 0 Å².